The maximum absolute atomic E-state index is 12.4. The quantitative estimate of drug-likeness (QED) is 0.685. The molecule has 1 rings (SSSR count). The minimum absolute atomic E-state index is 0.258. The van der Waals surface area contributed by atoms with Gasteiger partial charge in [-0.3, -0.25) is 9.59 Å². The molecule has 1 heterocycles. The van der Waals surface area contributed by atoms with E-state index in [1.165, 1.54) is 11.3 Å². The van der Waals surface area contributed by atoms with Gasteiger partial charge in [0.25, 0.3) is 0 Å². The Morgan fingerprint density at radius 2 is 1.95 bits per heavy atom. The van der Waals surface area contributed by atoms with Crippen molar-refractivity contribution in [3.05, 3.63) is 10.6 Å². The fraction of sp³-hybridized carbons (Fsp3) is 0.643. The summed E-state index contributed by atoms with van der Waals surface area (Å²) in [7, 11) is 0. The van der Waals surface area contributed by atoms with Crippen molar-refractivity contribution in [1.29, 1.82) is 0 Å². The van der Waals surface area contributed by atoms with Gasteiger partial charge in [-0.15, -0.1) is 11.3 Å². The Labute approximate surface area is 123 Å². The molecular formula is C14H22N2O3S. The molecule has 1 aromatic heterocycles. The van der Waals surface area contributed by atoms with Gasteiger partial charge in [0.1, 0.15) is 5.92 Å². The van der Waals surface area contributed by atoms with Crippen LogP contribution in [0.5, 0.6) is 0 Å². The molecule has 1 aromatic rings. The van der Waals surface area contributed by atoms with E-state index in [9.17, 15) is 9.59 Å². The summed E-state index contributed by atoms with van der Waals surface area (Å²) in [4.78, 5) is 29.6. The van der Waals surface area contributed by atoms with E-state index in [2.05, 4.69) is 10.3 Å². The van der Waals surface area contributed by atoms with Gasteiger partial charge in [0.15, 0.2) is 5.13 Å². The van der Waals surface area contributed by atoms with Crippen LogP contribution in [0.4, 0.5) is 5.13 Å². The zero-order valence-corrected chi connectivity index (χ0v) is 13.7. The SMILES string of the molecule is CCOC(=O)C(C(=O)Nc1nc(C)c(C)s1)C(C)(C)C. The van der Waals surface area contributed by atoms with E-state index in [1.807, 2.05) is 34.6 Å². The first-order valence-corrected chi connectivity index (χ1v) is 7.40. The van der Waals surface area contributed by atoms with Crippen molar-refractivity contribution in [2.24, 2.45) is 11.3 Å². The van der Waals surface area contributed by atoms with Gasteiger partial charge >= 0.3 is 5.97 Å². The zero-order chi connectivity index (χ0) is 15.5. The van der Waals surface area contributed by atoms with Crippen LogP contribution in [-0.2, 0) is 14.3 Å². The van der Waals surface area contributed by atoms with Crippen molar-refractivity contribution in [2.75, 3.05) is 11.9 Å². The Bertz CT molecular complexity index is 484. The third kappa shape index (κ3) is 4.03. The molecule has 5 nitrogen and oxygen atoms in total. The van der Waals surface area contributed by atoms with Gasteiger partial charge < -0.3 is 10.1 Å². The zero-order valence-electron chi connectivity index (χ0n) is 12.9. The van der Waals surface area contributed by atoms with E-state index in [4.69, 9.17) is 4.74 Å². The number of aryl methyl sites for hydroxylation is 2. The highest BCUT2D eigenvalue weighted by molar-refractivity contribution is 7.15. The van der Waals surface area contributed by atoms with Gasteiger partial charge in [0.2, 0.25) is 5.91 Å². The first-order valence-electron chi connectivity index (χ1n) is 6.58. The summed E-state index contributed by atoms with van der Waals surface area (Å²) in [5.41, 5.74) is 0.367. The number of nitrogens with one attached hydrogen (secondary N) is 1. The minimum atomic E-state index is -0.855. The van der Waals surface area contributed by atoms with Gasteiger partial charge in [-0.05, 0) is 26.2 Å². The van der Waals surface area contributed by atoms with E-state index in [0.29, 0.717) is 5.13 Å². The fourth-order valence-electron chi connectivity index (χ4n) is 1.78. The molecule has 1 N–H and O–H groups in total. The molecule has 0 spiro atoms. The van der Waals surface area contributed by atoms with Crippen LogP contribution in [0.15, 0.2) is 0 Å². The predicted molar refractivity (Wildman–Crippen MR) is 79.8 cm³/mol. The summed E-state index contributed by atoms with van der Waals surface area (Å²) in [6.07, 6.45) is 0. The molecule has 0 saturated heterocycles. The largest absolute Gasteiger partial charge is 0.465 e. The molecule has 0 aliphatic carbocycles. The maximum atomic E-state index is 12.4. The fourth-order valence-corrected chi connectivity index (χ4v) is 2.60. The lowest BCUT2D eigenvalue weighted by Crippen LogP contribution is -2.40. The molecule has 0 saturated carbocycles. The molecular weight excluding hydrogens is 276 g/mol. The van der Waals surface area contributed by atoms with Crippen LogP contribution in [0, 0.1) is 25.2 Å². The van der Waals surface area contributed by atoms with Crippen LogP contribution in [0.3, 0.4) is 0 Å². The van der Waals surface area contributed by atoms with Crippen LogP contribution in [-0.4, -0.2) is 23.5 Å². The Kier molecular flexibility index (Phi) is 5.28. The minimum Gasteiger partial charge on any atom is -0.465 e. The summed E-state index contributed by atoms with van der Waals surface area (Å²) in [5, 5.41) is 3.23. The second-order valence-corrected chi connectivity index (χ2v) is 6.90. The summed E-state index contributed by atoms with van der Waals surface area (Å²) in [5.74, 6) is -1.72. The standard InChI is InChI=1S/C14H22N2O3S/c1-7-19-12(18)10(14(4,5)6)11(17)16-13-15-8(2)9(3)20-13/h10H,7H2,1-6H3,(H,15,16,17). The van der Waals surface area contributed by atoms with E-state index < -0.39 is 17.3 Å². The predicted octanol–water partition coefficient (Wildman–Crippen LogP) is 2.92. The first kappa shape index (κ1) is 16.6. The number of hydrogen-bond donors (Lipinski definition) is 1. The van der Waals surface area contributed by atoms with Crippen molar-refractivity contribution < 1.29 is 14.3 Å². The number of esters is 1. The van der Waals surface area contributed by atoms with Gasteiger partial charge in [0, 0.05) is 4.88 Å². The van der Waals surface area contributed by atoms with Crippen LogP contribution >= 0.6 is 11.3 Å². The summed E-state index contributed by atoms with van der Waals surface area (Å²) in [6, 6.07) is 0. The number of hydrogen-bond acceptors (Lipinski definition) is 5. The number of thiazole rings is 1. The number of anilines is 1. The number of aromatic nitrogens is 1. The highest BCUT2D eigenvalue weighted by Crippen LogP contribution is 2.29. The van der Waals surface area contributed by atoms with Crippen molar-refractivity contribution in [1.82, 2.24) is 4.98 Å². The van der Waals surface area contributed by atoms with E-state index in [-0.39, 0.29) is 12.5 Å². The molecule has 112 valence electrons. The monoisotopic (exact) mass is 298 g/mol. The van der Waals surface area contributed by atoms with Crippen LogP contribution in [0.2, 0.25) is 0 Å². The molecule has 0 aliphatic rings. The van der Waals surface area contributed by atoms with Gasteiger partial charge in [-0.25, -0.2) is 4.98 Å². The highest BCUT2D eigenvalue weighted by atomic mass is 32.1. The number of amides is 1. The van der Waals surface area contributed by atoms with Gasteiger partial charge in [0.05, 0.1) is 12.3 Å². The average molecular weight is 298 g/mol. The molecule has 1 unspecified atom stereocenters. The number of ether oxygens (including phenoxy) is 1. The maximum Gasteiger partial charge on any atom is 0.319 e. The summed E-state index contributed by atoms with van der Waals surface area (Å²) >= 11 is 1.40. The number of rotatable bonds is 4. The van der Waals surface area contributed by atoms with Crippen LogP contribution in [0.1, 0.15) is 38.3 Å². The molecule has 0 fully saturated rings. The summed E-state index contributed by atoms with van der Waals surface area (Å²) in [6.45, 7) is 11.3. The molecule has 6 heteroatoms. The van der Waals surface area contributed by atoms with E-state index >= 15 is 0 Å². The Morgan fingerprint density at radius 1 is 1.35 bits per heavy atom. The van der Waals surface area contributed by atoms with Gasteiger partial charge in [-0.2, -0.15) is 0 Å². The smallest absolute Gasteiger partial charge is 0.319 e. The molecule has 0 radical (unpaired) electrons. The lowest BCUT2D eigenvalue weighted by Gasteiger charge is -2.27. The molecule has 0 aliphatic heterocycles. The second kappa shape index (κ2) is 6.35. The highest BCUT2D eigenvalue weighted by Gasteiger charge is 2.39. The van der Waals surface area contributed by atoms with E-state index in [0.717, 1.165) is 10.6 Å². The Hall–Kier alpha value is -1.43. The Balaban J connectivity index is 2.91. The van der Waals surface area contributed by atoms with Crippen LogP contribution in [0.25, 0.3) is 0 Å². The summed E-state index contributed by atoms with van der Waals surface area (Å²) < 4.78 is 5.00. The number of carbonyl (C=O) groups is 2. The number of carbonyl (C=O) groups excluding carboxylic acids is 2. The van der Waals surface area contributed by atoms with Crippen molar-refractivity contribution >= 4 is 28.3 Å². The Morgan fingerprint density at radius 3 is 2.35 bits per heavy atom. The van der Waals surface area contributed by atoms with Crippen molar-refractivity contribution in [2.45, 2.75) is 41.5 Å². The normalized spacial score (nSPS) is 12.9. The molecule has 1 amide bonds. The second-order valence-electron chi connectivity index (χ2n) is 5.70. The average Bonchev–Trinajstić information content (AvgIpc) is 2.55. The third-order valence-electron chi connectivity index (χ3n) is 2.91. The molecule has 20 heavy (non-hydrogen) atoms. The topological polar surface area (TPSA) is 68.3 Å². The lowest BCUT2D eigenvalue weighted by atomic mass is 9.80. The first-order chi connectivity index (χ1) is 9.16. The third-order valence-corrected chi connectivity index (χ3v) is 3.90. The van der Waals surface area contributed by atoms with Crippen molar-refractivity contribution in [3.8, 4) is 0 Å². The van der Waals surface area contributed by atoms with Gasteiger partial charge in [-0.1, -0.05) is 20.8 Å². The lowest BCUT2D eigenvalue weighted by molar-refractivity contribution is -0.155. The van der Waals surface area contributed by atoms with E-state index in [1.54, 1.807) is 6.92 Å². The molecule has 1 atom stereocenters. The molecule has 0 aromatic carbocycles. The van der Waals surface area contributed by atoms with Crippen molar-refractivity contribution in [3.63, 3.8) is 0 Å². The number of nitrogens with zero attached hydrogens (tertiary/aromatic N) is 1. The van der Waals surface area contributed by atoms with Crippen LogP contribution < -0.4 is 5.32 Å². The molecule has 0 bridgehead atoms.